The van der Waals surface area contributed by atoms with E-state index in [4.69, 9.17) is 16.3 Å². The summed E-state index contributed by atoms with van der Waals surface area (Å²) in [5.74, 6) is 0.770. The highest BCUT2D eigenvalue weighted by molar-refractivity contribution is 6.33. The first-order valence-corrected chi connectivity index (χ1v) is 9.04. The van der Waals surface area contributed by atoms with Gasteiger partial charge in [0.15, 0.2) is 5.65 Å². The number of urea groups is 1. The summed E-state index contributed by atoms with van der Waals surface area (Å²) in [7, 11) is 0. The van der Waals surface area contributed by atoms with Crippen LogP contribution in [0.1, 0.15) is 5.56 Å². The Labute approximate surface area is 177 Å². The van der Waals surface area contributed by atoms with Gasteiger partial charge in [0.05, 0.1) is 22.5 Å². The van der Waals surface area contributed by atoms with Gasteiger partial charge in [0, 0.05) is 5.69 Å². The summed E-state index contributed by atoms with van der Waals surface area (Å²) in [6.07, 6.45) is -1.65. The van der Waals surface area contributed by atoms with Gasteiger partial charge in [-0.25, -0.2) is 14.8 Å². The summed E-state index contributed by atoms with van der Waals surface area (Å²) in [5, 5.41) is 11.9. The number of fused-ring (bicyclic) bond motifs is 1. The summed E-state index contributed by atoms with van der Waals surface area (Å²) >= 11 is 5.84. The molecule has 8 nitrogen and oxygen atoms in total. The van der Waals surface area contributed by atoms with Crippen LogP contribution in [-0.4, -0.2) is 26.2 Å². The van der Waals surface area contributed by atoms with E-state index in [0.717, 1.165) is 18.2 Å². The molecule has 3 N–H and O–H groups in total. The number of H-pyrrole nitrogens is 1. The van der Waals surface area contributed by atoms with E-state index < -0.39 is 17.8 Å². The predicted molar refractivity (Wildman–Crippen MR) is 107 cm³/mol. The number of benzene rings is 2. The summed E-state index contributed by atoms with van der Waals surface area (Å²) in [6, 6.07) is 8.36. The van der Waals surface area contributed by atoms with E-state index in [2.05, 4.69) is 30.8 Å². The third kappa shape index (κ3) is 4.67. The van der Waals surface area contributed by atoms with Crippen LogP contribution in [0.4, 0.5) is 29.3 Å². The molecule has 4 aromatic rings. The average Bonchev–Trinajstić information content (AvgIpc) is 3.20. The molecule has 2 heterocycles. The SMILES string of the molecule is O=C(Nc1ccc(Oc2ncnc3[nH]ncc23)cc1)Nc1ccc(C(F)(F)F)cc1Cl. The number of hydrogen-bond donors (Lipinski definition) is 3. The van der Waals surface area contributed by atoms with Crippen molar-refractivity contribution in [3.63, 3.8) is 0 Å². The minimum Gasteiger partial charge on any atom is -0.438 e. The van der Waals surface area contributed by atoms with E-state index in [1.807, 2.05) is 0 Å². The second kappa shape index (κ2) is 8.11. The van der Waals surface area contributed by atoms with Gasteiger partial charge in [-0.15, -0.1) is 0 Å². The number of halogens is 4. The first-order valence-electron chi connectivity index (χ1n) is 8.66. The lowest BCUT2D eigenvalue weighted by Crippen LogP contribution is -2.19. The summed E-state index contributed by atoms with van der Waals surface area (Å²) in [4.78, 5) is 20.2. The molecule has 0 radical (unpaired) electrons. The quantitative estimate of drug-likeness (QED) is 0.384. The predicted octanol–water partition coefficient (Wildman–Crippen LogP) is 5.46. The van der Waals surface area contributed by atoms with Crippen molar-refractivity contribution in [2.24, 2.45) is 0 Å². The lowest BCUT2D eigenvalue weighted by atomic mass is 10.2. The molecule has 0 saturated carbocycles. The van der Waals surface area contributed by atoms with Gasteiger partial charge >= 0.3 is 12.2 Å². The Morgan fingerprint density at radius 2 is 1.84 bits per heavy atom. The Bertz CT molecular complexity index is 1240. The number of amides is 2. The van der Waals surface area contributed by atoms with Crippen LogP contribution >= 0.6 is 11.6 Å². The molecule has 0 fully saturated rings. The van der Waals surface area contributed by atoms with Crippen LogP contribution in [-0.2, 0) is 6.18 Å². The molecular weight excluding hydrogens is 437 g/mol. The molecule has 0 aliphatic heterocycles. The van der Waals surface area contributed by atoms with E-state index in [1.165, 1.54) is 12.5 Å². The Morgan fingerprint density at radius 1 is 1.06 bits per heavy atom. The van der Waals surface area contributed by atoms with Gasteiger partial charge in [-0.1, -0.05) is 11.6 Å². The molecule has 0 unspecified atom stereocenters. The second-order valence-electron chi connectivity index (χ2n) is 6.21. The maximum absolute atomic E-state index is 12.7. The lowest BCUT2D eigenvalue weighted by Gasteiger charge is -2.12. The van der Waals surface area contributed by atoms with Crippen LogP contribution in [0.15, 0.2) is 55.0 Å². The van der Waals surface area contributed by atoms with Gasteiger partial charge in [-0.3, -0.25) is 5.10 Å². The van der Waals surface area contributed by atoms with Crippen LogP contribution in [0.2, 0.25) is 5.02 Å². The van der Waals surface area contributed by atoms with Crippen LogP contribution in [0.5, 0.6) is 11.6 Å². The number of alkyl halides is 3. The number of aromatic nitrogens is 4. The Balaban J connectivity index is 1.40. The molecule has 0 saturated heterocycles. The summed E-state index contributed by atoms with van der Waals surface area (Å²) < 4.78 is 43.8. The van der Waals surface area contributed by atoms with Crippen molar-refractivity contribution in [3.8, 4) is 11.6 Å². The third-order valence-corrected chi connectivity index (χ3v) is 4.40. The third-order valence-electron chi connectivity index (χ3n) is 4.08. The molecule has 0 bridgehead atoms. The molecule has 12 heteroatoms. The fraction of sp³-hybridized carbons (Fsp3) is 0.0526. The molecule has 2 aromatic heterocycles. The van der Waals surface area contributed by atoms with Crippen LogP contribution in [0, 0.1) is 0 Å². The molecule has 0 aliphatic rings. The number of nitrogens with one attached hydrogen (secondary N) is 3. The zero-order valence-electron chi connectivity index (χ0n) is 15.4. The molecule has 158 valence electrons. The van der Waals surface area contributed by atoms with Gasteiger partial charge in [-0.2, -0.15) is 18.3 Å². The number of rotatable bonds is 4. The second-order valence-corrected chi connectivity index (χ2v) is 6.62. The number of nitrogens with zero attached hydrogens (tertiary/aromatic N) is 3. The van der Waals surface area contributed by atoms with Crippen molar-refractivity contribution in [2.75, 3.05) is 10.6 Å². The molecule has 0 aliphatic carbocycles. The van der Waals surface area contributed by atoms with Crippen molar-refractivity contribution in [1.82, 2.24) is 20.2 Å². The Kier molecular flexibility index (Phi) is 5.34. The Hall–Kier alpha value is -3.86. The van der Waals surface area contributed by atoms with Gasteiger partial charge < -0.3 is 15.4 Å². The number of ether oxygens (including phenoxy) is 1. The normalized spacial score (nSPS) is 11.4. The molecular formula is C19H12ClF3N6O2. The molecule has 0 spiro atoms. The fourth-order valence-corrected chi connectivity index (χ4v) is 2.85. The lowest BCUT2D eigenvalue weighted by molar-refractivity contribution is -0.137. The van der Waals surface area contributed by atoms with Gasteiger partial charge in [0.2, 0.25) is 5.88 Å². The first-order chi connectivity index (χ1) is 14.8. The maximum atomic E-state index is 12.7. The zero-order chi connectivity index (χ0) is 22.0. The minimum absolute atomic E-state index is 0.0417. The van der Waals surface area contributed by atoms with Crippen molar-refractivity contribution in [2.45, 2.75) is 6.18 Å². The number of hydrogen-bond acceptors (Lipinski definition) is 5. The van der Waals surface area contributed by atoms with Gasteiger partial charge in [-0.05, 0) is 42.5 Å². The van der Waals surface area contributed by atoms with Crippen molar-refractivity contribution >= 4 is 40.0 Å². The molecule has 4 rings (SSSR count). The standard InChI is InChI=1S/C19H12ClF3N6O2/c20-14-7-10(19(21,22)23)1-6-15(14)28-18(30)27-11-2-4-12(5-3-11)31-17-13-8-26-29-16(13)24-9-25-17/h1-9H,(H2,27,28,30)(H,24,25,26,29). The number of carbonyl (C=O) groups excluding carboxylic acids is 1. The fourth-order valence-electron chi connectivity index (χ4n) is 2.62. The smallest absolute Gasteiger partial charge is 0.416 e. The minimum atomic E-state index is -4.52. The van der Waals surface area contributed by atoms with Crippen LogP contribution < -0.4 is 15.4 Å². The van der Waals surface area contributed by atoms with Crippen molar-refractivity contribution in [1.29, 1.82) is 0 Å². The largest absolute Gasteiger partial charge is 0.438 e. The highest BCUT2D eigenvalue weighted by Crippen LogP contribution is 2.34. The van der Waals surface area contributed by atoms with Crippen LogP contribution in [0.3, 0.4) is 0 Å². The highest BCUT2D eigenvalue weighted by Gasteiger charge is 2.31. The Morgan fingerprint density at radius 3 is 2.55 bits per heavy atom. The number of carbonyl (C=O) groups is 1. The molecule has 0 atom stereocenters. The number of aromatic amines is 1. The van der Waals surface area contributed by atoms with Crippen molar-refractivity contribution in [3.05, 3.63) is 65.6 Å². The van der Waals surface area contributed by atoms with Gasteiger partial charge in [0.25, 0.3) is 0 Å². The molecule has 2 aromatic carbocycles. The summed E-state index contributed by atoms with van der Waals surface area (Å²) in [6.45, 7) is 0. The highest BCUT2D eigenvalue weighted by atomic mass is 35.5. The van der Waals surface area contributed by atoms with Gasteiger partial charge in [0.1, 0.15) is 17.5 Å². The van der Waals surface area contributed by atoms with Crippen molar-refractivity contribution < 1.29 is 22.7 Å². The number of anilines is 2. The van der Waals surface area contributed by atoms with Crippen LogP contribution in [0.25, 0.3) is 11.0 Å². The average molecular weight is 449 g/mol. The maximum Gasteiger partial charge on any atom is 0.416 e. The monoisotopic (exact) mass is 448 g/mol. The molecule has 31 heavy (non-hydrogen) atoms. The first kappa shape index (κ1) is 20.4. The zero-order valence-corrected chi connectivity index (χ0v) is 16.1. The van der Waals surface area contributed by atoms with E-state index in [1.54, 1.807) is 24.3 Å². The van der Waals surface area contributed by atoms with E-state index >= 15 is 0 Å². The topological polar surface area (TPSA) is 105 Å². The molecule has 2 amide bonds. The van der Waals surface area contributed by atoms with E-state index in [-0.39, 0.29) is 10.7 Å². The van der Waals surface area contributed by atoms with E-state index in [0.29, 0.717) is 28.4 Å². The summed E-state index contributed by atoms with van der Waals surface area (Å²) in [5.41, 5.74) is 0.0846. The van der Waals surface area contributed by atoms with E-state index in [9.17, 15) is 18.0 Å².